The van der Waals surface area contributed by atoms with Gasteiger partial charge in [-0.3, -0.25) is 4.79 Å². The summed E-state index contributed by atoms with van der Waals surface area (Å²) in [5, 5.41) is 5.00. The third-order valence-electron chi connectivity index (χ3n) is 5.00. The molecule has 1 fully saturated rings. The Labute approximate surface area is 216 Å². The maximum atomic E-state index is 12.5. The number of halogens is 3. The Morgan fingerprint density at radius 3 is 2.62 bits per heavy atom. The molecule has 5 nitrogen and oxygen atoms in total. The number of thioether (sulfide) groups is 1. The summed E-state index contributed by atoms with van der Waals surface area (Å²) in [4.78, 5) is 17.5. The number of rotatable bonds is 6. The SMILES string of the molecule is COc1cc(/C=C2/SC(=Nc3cccc(Cl)c3C)NC2=O)ccc1OCc1ccc(Cl)cc1Cl. The lowest BCUT2D eigenvalue weighted by Crippen LogP contribution is -2.19. The molecule has 1 heterocycles. The highest BCUT2D eigenvalue weighted by Crippen LogP contribution is 2.34. The van der Waals surface area contributed by atoms with E-state index in [1.807, 2.05) is 31.2 Å². The van der Waals surface area contributed by atoms with Crippen LogP contribution in [0, 0.1) is 6.92 Å². The van der Waals surface area contributed by atoms with E-state index in [0.717, 1.165) is 16.7 Å². The molecule has 3 aromatic carbocycles. The Hall–Kier alpha value is -2.64. The third-order valence-corrected chi connectivity index (χ3v) is 6.90. The summed E-state index contributed by atoms with van der Waals surface area (Å²) in [6, 6.07) is 16.2. The highest BCUT2D eigenvalue weighted by molar-refractivity contribution is 8.18. The van der Waals surface area contributed by atoms with Crippen LogP contribution in [0.4, 0.5) is 5.69 Å². The number of carbonyl (C=O) groups excluding carboxylic acids is 1. The van der Waals surface area contributed by atoms with Crippen molar-refractivity contribution in [1.82, 2.24) is 5.32 Å². The van der Waals surface area contributed by atoms with E-state index in [9.17, 15) is 4.79 Å². The smallest absolute Gasteiger partial charge is 0.264 e. The molecule has 0 aliphatic carbocycles. The molecule has 174 valence electrons. The lowest BCUT2D eigenvalue weighted by Gasteiger charge is -2.12. The fourth-order valence-electron chi connectivity index (χ4n) is 3.15. The van der Waals surface area contributed by atoms with Crippen LogP contribution in [-0.2, 0) is 11.4 Å². The molecule has 0 atom stereocenters. The molecule has 1 aliphatic rings. The second-order valence-electron chi connectivity index (χ2n) is 7.30. The van der Waals surface area contributed by atoms with Gasteiger partial charge in [0, 0.05) is 20.6 Å². The van der Waals surface area contributed by atoms with Gasteiger partial charge < -0.3 is 14.8 Å². The quantitative estimate of drug-likeness (QED) is 0.335. The van der Waals surface area contributed by atoms with E-state index < -0.39 is 0 Å². The van der Waals surface area contributed by atoms with Gasteiger partial charge >= 0.3 is 0 Å². The van der Waals surface area contributed by atoms with Gasteiger partial charge in [-0.05, 0) is 72.3 Å². The first kappa shape index (κ1) is 24.5. The molecule has 1 amide bonds. The summed E-state index contributed by atoms with van der Waals surface area (Å²) in [6.07, 6.45) is 1.77. The number of nitrogens with zero attached hydrogens (tertiary/aromatic N) is 1. The Morgan fingerprint density at radius 2 is 1.85 bits per heavy atom. The maximum absolute atomic E-state index is 12.5. The molecule has 0 radical (unpaired) electrons. The zero-order valence-corrected chi connectivity index (χ0v) is 21.3. The topological polar surface area (TPSA) is 59.9 Å². The number of aliphatic imine (C=N–C) groups is 1. The van der Waals surface area contributed by atoms with Gasteiger partial charge in [-0.1, -0.05) is 53.0 Å². The zero-order chi connectivity index (χ0) is 24.2. The zero-order valence-electron chi connectivity index (χ0n) is 18.2. The van der Waals surface area contributed by atoms with E-state index >= 15 is 0 Å². The third kappa shape index (κ3) is 5.70. The molecule has 0 bridgehead atoms. The number of hydrogen-bond donors (Lipinski definition) is 1. The highest BCUT2D eigenvalue weighted by atomic mass is 35.5. The molecule has 4 rings (SSSR count). The average molecular weight is 534 g/mol. The first-order chi connectivity index (χ1) is 16.3. The van der Waals surface area contributed by atoms with Crippen molar-refractivity contribution < 1.29 is 14.3 Å². The van der Waals surface area contributed by atoms with E-state index in [1.165, 1.54) is 11.8 Å². The molecule has 0 spiro atoms. The molecular weight excluding hydrogens is 515 g/mol. The molecule has 1 saturated heterocycles. The van der Waals surface area contributed by atoms with Gasteiger partial charge in [-0.2, -0.15) is 0 Å². The number of benzene rings is 3. The van der Waals surface area contributed by atoms with Crippen LogP contribution in [0.1, 0.15) is 16.7 Å². The standard InChI is InChI=1S/C25H19Cl3N2O3S/c1-14-18(27)4-3-5-20(14)29-25-30-24(31)23(34-25)11-15-6-9-21(22(10-15)32-2)33-13-16-7-8-17(26)12-19(16)28/h3-12H,13H2,1-2H3,(H,29,30,31)/b23-11+. The van der Waals surface area contributed by atoms with Gasteiger partial charge in [0.1, 0.15) is 6.61 Å². The van der Waals surface area contributed by atoms with Crippen molar-refractivity contribution in [3.05, 3.63) is 91.3 Å². The van der Waals surface area contributed by atoms with E-state index in [4.69, 9.17) is 44.3 Å². The summed E-state index contributed by atoms with van der Waals surface area (Å²) in [5.74, 6) is 0.865. The Balaban J connectivity index is 1.51. The number of amides is 1. The van der Waals surface area contributed by atoms with Crippen LogP contribution >= 0.6 is 46.6 Å². The van der Waals surface area contributed by atoms with Gasteiger partial charge in [0.15, 0.2) is 16.7 Å². The fourth-order valence-corrected chi connectivity index (χ4v) is 4.61. The fraction of sp³-hybridized carbons (Fsp3) is 0.120. The van der Waals surface area contributed by atoms with Gasteiger partial charge in [-0.15, -0.1) is 0 Å². The predicted octanol–water partition coefficient (Wildman–Crippen LogP) is 7.43. The van der Waals surface area contributed by atoms with Crippen LogP contribution in [0.5, 0.6) is 11.5 Å². The summed E-state index contributed by atoms with van der Waals surface area (Å²) in [7, 11) is 1.56. The van der Waals surface area contributed by atoms with Crippen LogP contribution in [-0.4, -0.2) is 18.2 Å². The van der Waals surface area contributed by atoms with E-state index in [-0.39, 0.29) is 12.5 Å². The second-order valence-corrected chi connectivity index (χ2v) is 9.58. The van der Waals surface area contributed by atoms with Crippen LogP contribution in [0.2, 0.25) is 15.1 Å². The molecule has 9 heteroatoms. The summed E-state index contributed by atoms with van der Waals surface area (Å²) in [6.45, 7) is 2.14. The minimum atomic E-state index is -0.222. The van der Waals surface area contributed by atoms with E-state index in [0.29, 0.717) is 42.3 Å². The van der Waals surface area contributed by atoms with Crippen LogP contribution in [0.25, 0.3) is 6.08 Å². The molecule has 34 heavy (non-hydrogen) atoms. The predicted molar refractivity (Wildman–Crippen MR) is 141 cm³/mol. The van der Waals surface area contributed by atoms with Gasteiger partial charge in [0.2, 0.25) is 0 Å². The molecule has 1 aliphatic heterocycles. The van der Waals surface area contributed by atoms with Crippen molar-refractivity contribution in [2.24, 2.45) is 4.99 Å². The van der Waals surface area contributed by atoms with Crippen LogP contribution in [0.15, 0.2) is 64.5 Å². The van der Waals surface area contributed by atoms with Gasteiger partial charge in [0.05, 0.1) is 17.7 Å². The number of methoxy groups -OCH3 is 1. The van der Waals surface area contributed by atoms with Gasteiger partial charge in [0.25, 0.3) is 5.91 Å². The normalized spacial score (nSPS) is 15.6. The Morgan fingerprint density at radius 1 is 1.03 bits per heavy atom. The van der Waals surface area contributed by atoms with Crippen LogP contribution in [0.3, 0.4) is 0 Å². The Bertz CT molecular complexity index is 1320. The largest absolute Gasteiger partial charge is 0.493 e. The van der Waals surface area contributed by atoms with Crippen molar-refractivity contribution in [2.45, 2.75) is 13.5 Å². The summed E-state index contributed by atoms with van der Waals surface area (Å²) in [5.41, 5.74) is 3.15. The molecule has 3 aromatic rings. The lowest BCUT2D eigenvalue weighted by atomic mass is 10.2. The lowest BCUT2D eigenvalue weighted by molar-refractivity contribution is -0.115. The first-order valence-corrected chi connectivity index (χ1v) is 12.1. The summed E-state index contributed by atoms with van der Waals surface area (Å²) >= 11 is 19.6. The van der Waals surface area contributed by atoms with E-state index in [2.05, 4.69) is 10.3 Å². The monoisotopic (exact) mass is 532 g/mol. The minimum Gasteiger partial charge on any atom is -0.493 e. The number of hydrogen-bond acceptors (Lipinski definition) is 5. The van der Waals surface area contributed by atoms with E-state index in [1.54, 1.807) is 43.5 Å². The molecule has 0 aromatic heterocycles. The molecular formula is C25H19Cl3N2O3S. The maximum Gasteiger partial charge on any atom is 0.264 e. The molecule has 0 unspecified atom stereocenters. The molecule has 0 saturated carbocycles. The van der Waals surface area contributed by atoms with Crippen molar-refractivity contribution in [3.8, 4) is 11.5 Å². The average Bonchev–Trinajstić information content (AvgIpc) is 3.15. The summed E-state index contributed by atoms with van der Waals surface area (Å²) < 4.78 is 11.4. The number of carbonyl (C=O) groups is 1. The highest BCUT2D eigenvalue weighted by Gasteiger charge is 2.24. The van der Waals surface area contributed by atoms with Gasteiger partial charge in [-0.25, -0.2) is 4.99 Å². The van der Waals surface area contributed by atoms with Crippen LogP contribution < -0.4 is 14.8 Å². The van der Waals surface area contributed by atoms with Crippen molar-refractivity contribution in [1.29, 1.82) is 0 Å². The minimum absolute atomic E-state index is 0.222. The van der Waals surface area contributed by atoms with Crippen molar-refractivity contribution in [3.63, 3.8) is 0 Å². The first-order valence-electron chi connectivity index (χ1n) is 10.1. The van der Waals surface area contributed by atoms with Crippen molar-refractivity contribution >= 4 is 69.4 Å². The Kier molecular flexibility index (Phi) is 7.73. The number of amidine groups is 1. The number of ether oxygens (including phenoxy) is 2. The second kappa shape index (κ2) is 10.7. The number of nitrogens with one attached hydrogen (secondary N) is 1. The molecule has 1 N–H and O–H groups in total. The van der Waals surface area contributed by atoms with Crippen molar-refractivity contribution in [2.75, 3.05) is 7.11 Å².